The smallest absolute Gasteiger partial charge is 0.246 e. The average Bonchev–Trinajstić information content (AvgIpc) is 2.66. The van der Waals surface area contributed by atoms with Gasteiger partial charge in [0.2, 0.25) is 5.89 Å². The summed E-state index contributed by atoms with van der Waals surface area (Å²) in [5.74, 6) is 0.977. The van der Waals surface area contributed by atoms with Gasteiger partial charge in [-0.25, -0.2) is 0 Å². The van der Waals surface area contributed by atoms with E-state index in [0.29, 0.717) is 18.1 Å². The first-order valence-electron chi connectivity index (χ1n) is 4.89. The molecule has 1 heterocycles. The van der Waals surface area contributed by atoms with Crippen LogP contribution in [0.2, 0.25) is 0 Å². The molecule has 0 aliphatic carbocycles. The van der Waals surface area contributed by atoms with Gasteiger partial charge in [0.1, 0.15) is 0 Å². The van der Waals surface area contributed by atoms with Gasteiger partial charge in [-0.3, -0.25) is 0 Å². The maximum atomic E-state index is 8.69. The molecule has 14 heavy (non-hydrogen) atoms. The van der Waals surface area contributed by atoms with E-state index in [1.807, 2.05) is 13.8 Å². The van der Waals surface area contributed by atoms with Gasteiger partial charge in [-0.05, 0) is 12.8 Å². The Morgan fingerprint density at radius 2 is 2.07 bits per heavy atom. The summed E-state index contributed by atoms with van der Waals surface area (Å²) >= 11 is 0. The largest absolute Gasteiger partial charge is 0.396 e. The maximum Gasteiger partial charge on any atom is 0.246 e. The highest BCUT2D eigenvalue weighted by Crippen LogP contribution is 2.23. The monoisotopic (exact) mass is 199 g/mol. The van der Waals surface area contributed by atoms with E-state index in [4.69, 9.17) is 15.4 Å². The molecule has 5 heteroatoms. The van der Waals surface area contributed by atoms with E-state index in [0.717, 1.165) is 12.8 Å². The van der Waals surface area contributed by atoms with Crippen molar-refractivity contribution in [3.05, 3.63) is 11.7 Å². The van der Waals surface area contributed by atoms with Crippen LogP contribution in [-0.4, -0.2) is 21.9 Å². The number of hydrogen-bond donors (Lipinski definition) is 2. The van der Waals surface area contributed by atoms with Crippen LogP contribution in [0.4, 0.5) is 0 Å². The second kappa shape index (κ2) is 4.52. The zero-order chi connectivity index (χ0) is 10.6. The quantitative estimate of drug-likeness (QED) is 0.724. The molecular weight excluding hydrogens is 182 g/mol. The lowest BCUT2D eigenvalue weighted by Gasteiger charge is -2.20. The summed E-state index contributed by atoms with van der Waals surface area (Å²) in [4.78, 5) is 4.15. The van der Waals surface area contributed by atoms with Crippen molar-refractivity contribution in [2.45, 2.75) is 38.6 Å². The molecule has 0 aromatic carbocycles. The Kier molecular flexibility index (Phi) is 3.60. The molecule has 0 aliphatic heterocycles. The fraction of sp³-hybridized carbons (Fsp3) is 0.778. The highest BCUT2D eigenvalue weighted by molar-refractivity contribution is 5.01. The van der Waals surface area contributed by atoms with E-state index >= 15 is 0 Å². The Labute approximate surface area is 83.3 Å². The lowest BCUT2D eigenvalue weighted by atomic mass is 9.94. The minimum atomic E-state index is -0.527. The van der Waals surface area contributed by atoms with Gasteiger partial charge >= 0.3 is 0 Å². The van der Waals surface area contributed by atoms with Crippen LogP contribution < -0.4 is 5.73 Å². The number of aliphatic hydroxyl groups excluding tert-OH is 1. The van der Waals surface area contributed by atoms with E-state index in [1.54, 1.807) is 0 Å². The number of hydrogen-bond acceptors (Lipinski definition) is 5. The number of aliphatic hydroxyl groups is 1. The Balaban J connectivity index is 2.84. The van der Waals surface area contributed by atoms with E-state index < -0.39 is 5.54 Å². The topological polar surface area (TPSA) is 85.2 Å². The molecule has 1 aromatic rings. The van der Waals surface area contributed by atoms with E-state index in [9.17, 15) is 0 Å². The Morgan fingerprint density at radius 3 is 2.57 bits per heavy atom. The molecule has 0 amide bonds. The molecule has 0 unspecified atom stereocenters. The highest BCUT2D eigenvalue weighted by Gasteiger charge is 2.29. The molecule has 3 N–H and O–H groups in total. The lowest BCUT2D eigenvalue weighted by molar-refractivity contribution is 0.264. The summed E-state index contributed by atoms with van der Waals surface area (Å²) in [5, 5.41) is 12.4. The molecule has 1 aromatic heterocycles. The van der Waals surface area contributed by atoms with Gasteiger partial charge in [0.15, 0.2) is 5.82 Å². The minimum Gasteiger partial charge on any atom is -0.396 e. The Morgan fingerprint density at radius 1 is 1.43 bits per heavy atom. The summed E-state index contributed by atoms with van der Waals surface area (Å²) in [6.45, 7) is 3.99. The van der Waals surface area contributed by atoms with Crippen LogP contribution in [0.25, 0.3) is 0 Å². The van der Waals surface area contributed by atoms with Gasteiger partial charge in [-0.2, -0.15) is 4.98 Å². The predicted octanol–water partition coefficient (Wildman–Crippen LogP) is 0.578. The Bertz CT molecular complexity index is 281. The molecule has 5 nitrogen and oxygen atoms in total. The molecule has 1 rings (SSSR count). The molecule has 0 spiro atoms. The zero-order valence-electron chi connectivity index (χ0n) is 8.66. The normalized spacial score (nSPS) is 12.0. The molecule has 0 fully saturated rings. The first-order valence-corrected chi connectivity index (χ1v) is 4.89. The van der Waals surface area contributed by atoms with E-state index in [2.05, 4.69) is 10.1 Å². The SMILES string of the molecule is CCC(N)(CC)c1nc(CCO)no1. The molecule has 0 aliphatic rings. The third-order valence-corrected chi connectivity index (χ3v) is 2.49. The van der Waals surface area contributed by atoms with Crippen LogP contribution in [0.1, 0.15) is 38.4 Å². The summed E-state index contributed by atoms with van der Waals surface area (Å²) in [6, 6.07) is 0. The number of nitrogens with two attached hydrogens (primary N) is 1. The van der Waals surface area contributed by atoms with Crippen LogP contribution in [0, 0.1) is 0 Å². The fourth-order valence-corrected chi connectivity index (χ4v) is 1.21. The van der Waals surface area contributed by atoms with Gasteiger partial charge in [0.25, 0.3) is 0 Å². The minimum absolute atomic E-state index is 0.0226. The van der Waals surface area contributed by atoms with Crippen molar-refractivity contribution in [1.29, 1.82) is 0 Å². The highest BCUT2D eigenvalue weighted by atomic mass is 16.5. The Hall–Kier alpha value is -0.940. The zero-order valence-corrected chi connectivity index (χ0v) is 8.66. The van der Waals surface area contributed by atoms with Crippen molar-refractivity contribution in [2.24, 2.45) is 5.73 Å². The maximum absolute atomic E-state index is 8.69. The van der Waals surface area contributed by atoms with Crippen LogP contribution >= 0.6 is 0 Å². The van der Waals surface area contributed by atoms with E-state index in [-0.39, 0.29) is 6.61 Å². The van der Waals surface area contributed by atoms with Crippen molar-refractivity contribution in [2.75, 3.05) is 6.61 Å². The molecule has 0 atom stereocenters. The van der Waals surface area contributed by atoms with Crippen LogP contribution in [0.5, 0.6) is 0 Å². The van der Waals surface area contributed by atoms with Crippen molar-refractivity contribution in [3.8, 4) is 0 Å². The van der Waals surface area contributed by atoms with Gasteiger partial charge < -0.3 is 15.4 Å². The summed E-state index contributed by atoms with van der Waals surface area (Å²) < 4.78 is 5.07. The van der Waals surface area contributed by atoms with Gasteiger partial charge in [0.05, 0.1) is 12.1 Å². The first kappa shape index (κ1) is 11.1. The van der Waals surface area contributed by atoms with Gasteiger partial charge in [0, 0.05) is 6.42 Å². The van der Waals surface area contributed by atoms with Crippen LogP contribution in [0.3, 0.4) is 0 Å². The fourth-order valence-electron chi connectivity index (χ4n) is 1.21. The second-order valence-electron chi connectivity index (χ2n) is 3.35. The molecule has 0 saturated heterocycles. The van der Waals surface area contributed by atoms with Gasteiger partial charge in [-0.1, -0.05) is 19.0 Å². The molecule has 0 saturated carbocycles. The van der Waals surface area contributed by atoms with Crippen molar-refractivity contribution in [1.82, 2.24) is 10.1 Å². The van der Waals surface area contributed by atoms with Crippen LogP contribution in [0.15, 0.2) is 4.52 Å². The third kappa shape index (κ3) is 2.10. The number of rotatable bonds is 5. The van der Waals surface area contributed by atoms with E-state index in [1.165, 1.54) is 0 Å². The number of aromatic nitrogens is 2. The molecule has 80 valence electrons. The summed E-state index contributed by atoms with van der Waals surface area (Å²) in [5.41, 5.74) is 5.54. The lowest BCUT2D eigenvalue weighted by Crippen LogP contribution is -2.35. The third-order valence-electron chi connectivity index (χ3n) is 2.49. The molecular formula is C9H17N3O2. The number of nitrogens with zero attached hydrogens (tertiary/aromatic N) is 2. The second-order valence-corrected chi connectivity index (χ2v) is 3.35. The summed E-state index contributed by atoms with van der Waals surface area (Å²) in [7, 11) is 0. The van der Waals surface area contributed by atoms with Crippen molar-refractivity contribution < 1.29 is 9.63 Å². The predicted molar refractivity (Wildman–Crippen MR) is 51.5 cm³/mol. The van der Waals surface area contributed by atoms with Gasteiger partial charge in [-0.15, -0.1) is 0 Å². The van der Waals surface area contributed by atoms with Crippen molar-refractivity contribution >= 4 is 0 Å². The van der Waals surface area contributed by atoms with Crippen molar-refractivity contribution in [3.63, 3.8) is 0 Å². The molecule has 0 radical (unpaired) electrons. The van der Waals surface area contributed by atoms with Crippen LogP contribution in [-0.2, 0) is 12.0 Å². The first-order chi connectivity index (χ1) is 6.66. The standard InChI is InChI=1S/C9H17N3O2/c1-3-9(10,4-2)8-11-7(5-6-13)12-14-8/h13H,3-6,10H2,1-2H3. The summed E-state index contributed by atoms with van der Waals surface area (Å²) in [6.07, 6.45) is 1.92. The average molecular weight is 199 g/mol. The molecule has 0 bridgehead atoms.